The number of ether oxygens (including phenoxy) is 4. The number of halogens is 2. The molecule has 0 aromatic heterocycles. The molecule has 1 aliphatic rings. The van der Waals surface area contributed by atoms with Gasteiger partial charge in [0.2, 0.25) is 0 Å². The van der Waals surface area contributed by atoms with E-state index in [9.17, 15) is 34.2 Å². The molecule has 0 saturated heterocycles. The summed E-state index contributed by atoms with van der Waals surface area (Å²) in [6.07, 6.45) is 2.45. The third-order valence-electron chi connectivity index (χ3n) is 9.23. The minimum Gasteiger partial charge on any atom is -0.506 e. The maximum atomic E-state index is 15.9. The van der Waals surface area contributed by atoms with Crippen LogP contribution < -0.4 is 14.2 Å². The lowest BCUT2D eigenvalue weighted by Gasteiger charge is -2.23. The van der Waals surface area contributed by atoms with Crippen molar-refractivity contribution in [3.8, 4) is 23.0 Å². The number of ketones is 1. The number of hydrogen-bond donors (Lipinski definition) is 2. The predicted octanol–water partition coefficient (Wildman–Crippen LogP) is 7.48. The third-order valence-corrected chi connectivity index (χ3v) is 9.96. The molecule has 0 heterocycles. The van der Waals surface area contributed by atoms with E-state index >= 15 is 4.39 Å². The second kappa shape index (κ2) is 14.5. The SMILES string of the molecule is COC1=CC(=O)C=C(C)C1C(=O)Oc1c(C)c(C)c(C(=O)Oc2c(C)cc(C(=O)Oc3c(C)c(C)c(C(=O)O)c(C)c3C)c(C)c2F)c(O)c1Br. The van der Waals surface area contributed by atoms with Gasteiger partial charge in [-0.2, -0.15) is 0 Å². The van der Waals surface area contributed by atoms with Gasteiger partial charge in [-0.3, -0.25) is 9.59 Å². The number of aromatic hydroxyl groups is 1. The molecule has 51 heavy (non-hydrogen) atoms. The Balaban J connectivity index is 1.65. The Morgan fingerprint density at radius 2 is 1.25 bits per heavy atom. The number of carbonyl (C=O) groups is 5. The molecule has 0 radical (unpaired) electrons. The molecule has 11 nitrogen and oxygen atoms in total. The summed E-state index contributed by atoms with van der Waals surface area (Å²) in [6, 6.07) is 1.30. The van der Waals surface area contributed by atoms with Gasteiger partial charge in [-0.05, 0) is 135 Å². The molecule has 0 amide bonds. The highest BCUT2D eigenvalue weighted by molar-refractivity contribution is 9.10. The molecule has 0 bridgehead atoms. The maximum Gasteiger partial charge on any atom is 0.347 e. The van der Waals surface area contributed by atoms with Crippen LogP contribution in [0.15, 0.2) is 34.0 Å². The Morgan fingerprint density at radius 1 is 0.725 bits per heavy atom. The second-order valence-electron chi connectivity index (χ2n) is 12.3. The lowest BCUT2D eigenvalue weighted by Crippen LogP contribution is -2.28. The van der Waals surface area contributed by atoms with Crippen LogP contribution in [0.5, 0.6) is 23.0 Å². The largest absolute Gasteiger partial charge is 0.506 e. The standard InChI is InChI=1S/C38H36BrFO11/c1-14-11-23(41)13-25(48-10)26(14)37(46)51-34-21(8)18(5)28(31(42)29(34)39)38(47)49-32-15(2)12-24(22(9)30(32)40)36(45)50-33-19(6)16(3)27(35(43)44)17(4)20(33)7/h11-13,26,42H,1-10H3,(H,43,44). The summed E-state index contributed by atoms with van der Waals surface area (Å²) in [6.45, 7) is 13.8. The summed E-state index contributed by atoms with van der Waals surface area (Å²) < 4.78 is 37.7. The van der Waals surface area contributed by atoms with Gasteiger partial charge in [-0.1, -0.05) is 0 Å². The summed E-state index contributed by atoms with van der Waals surface area (Å²) in [5.74, 6) is -7.34. The van der Waals surface area contributed by atoms with Gasteiger partial charge in [0.15, 0.2) is 23.1 Å². The first-order valence-electron chi connectivity index (χ1n) is 15.5. The zero-order valence-corrected chi connectivity index (χ0v) is 31.2. The smallest absolute Gasteiger partial charge is 0.347 e. The summed E-state index contributed by atoms with van der Waals surface area (Å²) in [5, 5.41) is 20.7. The van der Waals surface area contributed by atoms with Crippen molar-refractivity contribution in [1.29, 1.82) is 0 Å². The van der Waals surface area contributed by atoms with Crippen molar-refractivity contribution in [2.24, 2.45) is 5.92 Å². The van der Waals surface area contributed by atoms with E-state index in [0.717, 1.165) is 0 Å². The van der Waals surface area contributed by atoms with Crippen molar-refractivity contribution in [1.82, 2.24) is 0 Å². The molecule has 2 N–H and O–H groups in total. The number of phenolic OH excluding ortho intramolecular Hbond substituents is 1. The van der Waals surface area contributed by atoms with Crippen LogP contribution >= 0.6 is 15.9 Å². The molecular weight excluding hydrogens is 731 g/mol. The number of carboxylic acid groups (broad SMARTS) is 1. The molecule has 3 aromatic carbocycles. The van der Waals surface area contributed by atoms with E-state index in [2.05, 4.69) is 15.9 Å². The first-order chi connectivity index (χ1) is 23.7. The molecule has 0 aliphatic heterocycles. The predicted molar refractivity (Wildman–Crippen MR) is 186 cm³/mol. The number of carbonyl (C=O) groups excluding carboxylic acids is 4. The number of benzene rings is 3. The van der Waals surface area contributed by atoms with Crippen LogP contribution in [0.3, 0.4) is 0 Å². The van der Waals surface area contributed by atoms with Crippen molar-refractivity contribution in [2.45, 2.75) is 62.3 Å². The number of carboxylic acids is 1. The van der Waals surface area contributed by atoms with Crippen LogP contribution in [0.25, 0.3) is 0 Å². The zero-order valence-electron chi connectivity index (χ0n) is 29.6. The molecule has 268 valence electrons. The third kappa shape index (κ3) is 6.90. The number of hydrogen-bond acceptors (Lipinski definition) is 10. The molecule has 1 atom stereocenters. The number of esters is 3. The van der Waals surface area contributed by atoms with E-state index in [1.165, 1.54) is 53.0 Å². The van der Waals surface area contributed by atoms with Gasteiger partial charge < -0.3 is 29.2 Å². The number of allylic oxidation sites excluding steroid dienone is 2. The van der Waals surface area contributed by atoms with Gasteiger partial charge in [0.25, 0.3) is 0 Å². The molecule has 3 aromatic rings. The summed E-state index contributed by atoms with van der Waals surface area (Å²) in [5.41, 5.74) is 2.06. The molecule has 1 unspecified atom stereocenters. The average molecular weight is 768 g/mol. The molecule has 0 fully saturated rings. The van der Waals surface area contributed by atoms with E-state index in [0.29, 0.717) is 27.8 Å². The highest BCUT2D eigenvalue weighted by Gasteiger charge is 2.34. The Labute approximate surface area is 301 Å². The van der Waals surface area contributed by atoms with E-state index in [-0.39, 0.29) is 66.5 Å². The average Bonchev–Trinajstić information content (AvgIpc) is 3.06. The van der Waals surface area contributed by atoms with Gasteiger partial charge in [-0.15, -0.1) is 0 Å². The van der Waals surface area contributed by atoms with Crippen molar-refractivity contribution in [2.75, 3.05) is 7.11 Å². The van der Waals surface area contributed by atoms with Crippen LogP contribution in [0.2, 0.25) is 0 Å². The molecule has 1 aliphatic carbocycles. The van der Waals surface area contributed by atoms with Gasteiger partial charge in [-0.25, -0.2) is 18.8 Å². The Bertz CT molecular complexity index is 2080. The monoisotopic (exact) mass is 766 g/mol. The number of aromatic carboxylic acids is 1. The normalized spacial score (nSPS) is 14.0. The first-order valence-corrected chi connectivity index (χ1v) is 16.3. The zero-order chi connectivity index (χ0) is 38.4. The number of phenols is 1. The van der Waals surface area contributed by atoms with Crippen molar-refractivity contribution in [3.63, 3.8) is 0 Å². The molecule has 0 spiro atoms. The molecule has 13 heteroatoms. The van der Waals surface area contributed by atoms with Crippen molar-refractivity contribution < 1.29 is 57.5 Å². The fourth-order valence-corrected chi connectivity index (χ4v) is 6.53. The Morgan fingerprint density at radius 3 is 1.80 bits per heavy atom. The van der Waals surface area contributed by atoms with Gasteiger partial charge in [0.05, 0.1) is 18.2 Å². The Hall–Kier alpha value is -5.30. The van der Waals surface area contributed by atoms with Crippen molar-refractivity contribution in [3.05, 3.63) is 101 Å². The highest BCUT2D eigenvalue weighted by atomic mass is 79.9. The van der Waals surface area contributed by atoms with Crippen molar-refractivity contribution >= 4 is 45.6 Å². The molecular formula is C38H36BrFO11. The second-order valence-corrected chi connectivity index (χ2v) is 13.1. The van der Waals surface area contributed by atoms with Crippen LogP contribution in [0.4, 0.5) is 4.39 Å². The summed E-state index contributed by atoms with van der Waals surface area (Å²) in [7, 11) is 1.31. The molecule has 4 rings (SSSR count). The Kier molecular flexibility index (Phi) is 11.0. The highest BCUT2D eigenvalue weighted by Crippen LogP contribution is 2.44. The van der Waals surface area contributed by atoms with E-state index < -0.39 is 47.1 Å². The van der Waals surface area contributed by atoms with Gasteiger partial charge >= 0.3 is 23.9 Å². The lowest BCUT2D eigenvalue weighted by atomic mass is 9.92. The van der Waals surface area contributed by atoms with Crippen LogP contribution in [0, 0.1) is 67.1 Å². The number of rotatable bonds is 8. The first kappa shape index (κ1) is 38.5. The fourth-order valence-electron chi connectivity index (χ4n) is 5.96. The maximum absolute atomic E-state index is 15.9. The van der Waals surface area contributed by atoms with E-state index in [4.69, 9.17) is 18.9 Å². The number of methoxy groups -OCH3 is 1. The lowest BCUT2D eigenvalue weighted by molar-refractivity contribution is -0.137. The summed E-state index contributed by atoms with van der Waals surface area (Å²) >= 11 is 3.20. The van der Waals surface area contributed by atoms with E-state index in [1.54, 1.807) is 34.6 Å². The molecule has 0 saturated carbocycles. The minimum absolute atomic E-state index is 0.0651. The van der Waals surface area contributed by atoms with Gasteiger partial charge in [0.1, 0.15) is 33.2 Å². The van der Waals surface area contributed by atoms with E-state index in [1.807, 2.05) is 0 Å². The summed E-state index contributed by atoms with van der Waals surface area (Å²) in [4.78, 5) is 63.8. The minimum atomic E-state index is -1.13. The quantitative estimate of drug-likeness (QED) is 0.173. The fraction of sp³-hybridized carbons (Fsp3) is 0.289. The van der Waals surface area contributed by atoms with Crippen LogP contribution in [-0.2, 0) is 14.3 Å². The number of aryl methyl sites for hydroxylation is 1. The van der Waals surface area contributed by atoms with Crippen LogP contribution in [0.1, 0.15) is 82.5 Å². The topological polar surface area (TPSA) is 163 Å². The van der Waals surface area contributed by atoms with Crippen LogP contribution in [-0.4, -0.2) is 47.0 Å². The van der Waals surface area contributed by atoms with Gasteiger partial charge in [0, 0.05) is 11.6 Å².